The molecule has 0 aliphatic rings. The van der Waals surface area contributed by atoms with Gasteiger partial charge in [0.05, 0.1) is 19.1 Å². The van der Waals surface area contributed by atoms with Crippen LogP contribution in [0, 0.1) is 5.41 Å². The van der Waals surface area contributed by atoms with Gasteiger partial charge in [-0.15, -0.1) is 0 Å². The zero-order valence-electron chi connectivity index (χ0n) is 17.6. The van der Waals surface area contributed by atoms with Crippen molar-refractivity contribution in [2.75, 3.05) is 24.2 Å². The normalized spacial score (nSPS) is 12.6. The first-order valence-electron chi connectivity index (χ1n) is 9.16. The Hall–Kier alpha value is -1.76. The molecule has 0 spiro atoms. The van der Waals surface area contributed by atoms with E-state index in [1.807, 2.05) is 13.8 Å². The number of hydrogen-bond acceptors (Lipinski definition) is 4. The summed E-state index contributed by atoms with van der Waals surface area (Å²) in [6, 6.07) is 6.90. The predicted molar refractivity (Wildman–Crippen MR) is 111 cm³/mol. The first kappa shape index (κ1) is 23.3. The molecule has 0 bridgehead atoms. The molecule has 0 aliphatic heterocycles. The molecule has 0 atom stereocenters. The Balaban J connectivity index is 2.71. The van der Waals surface area contributed by atoms with Crippen LogP contribution in [0.4, 0.5) is 5.69 Å². The van der Waals surface area contributed by atoms with Gasteiger partial charge < -0.3 is 10.1 Å². The van der Waals surface area contributed by atoms with Crippen LogP contribution in [0.15, 0.2) is 24.3 Å². The molecule has 0 saturated heterocycles. The molecule has 1 rings (SSSR count). The lowest BCUT2D eigenvalue weighted by atomic mass is 9.82. The maximum Gasteiger partial charge on any atom is 0.232 e. The highest BCUT2D eigenvalue weighted by atomic mass is 32.2. The third kappa shape index (κ3) is 8.65. The Morgan fingerprint density at radius 2 is 1.81 bits per heavy atom. The molecule has 1 N–H and O–H groups in total. The number of benzene rings is 1. The van der Waals surface area contributed by atoms with Crippen molar-refractivity contribution in [2.45, 2.75) is 59.4 Å². The highest BCUT2D eigenvalue weighted by Gasteiger charge is 2.27. The summed E-state index contributed by atoms with van der Waals surface area (Å²) in [5, 5.41) is 3.06. The summed E-state index contributed by atoms with van der Waals surface area (Å²) in [7, 11) is -1.92. The Labute approximate surface area is 164 Å². The summed E-state index contributed by atoms with van der Waals surface area (Å²) < 4.78 is 30.8. The monoisotopic (exact) mass is 398 g/mol. The fraction of sp³-hybridized carbons (Fsp3) is 0.650. The van der Waals surface area contributed by atoms with Crippen molar-refractivity contribution < 1.29 is 17.9 Å². The number of methoxy groups -OCH3 is 1. The fourth-order valence-corrected chi connectivity index (χ4v) is 4.40. The van der Waals surface area contributed by atoms with Crippen molar-refractivity contribution in [3.63, 3.8) is 0 Å². The Bertz CT molecular complexity index is 737. The SMILES string of the molecule is COc1cccc(N(CCCC(=O)NC(C)(C)CC(C)(C)C)S(C)(=O)=O)c1. The lowest BCUT2D eigenvalue weighted by molar-refractivity contribution is -0.123. The van der Waals surface area contributed by atoms with Gasteiger partial charge in [-0.05, 0) is 44.2 Å². The maximum absolute atomic E-state index is 12.3. The number of nitrogens with one attached hydrogen (secondary N) is 1. The highest BCUT2D eigenvalue weighted by molar-refractivity contribution is 7.92. The number of nitrogens with zero attached hydrogens (tertiary/aromatic N) is 1. The van der Waals surface area contributed by atoms with Crippen molar-refractivity contribution in [1.29, 1.82) is 0 Å². The first-order valence-corrected chi connectivity index (χ1v) is 11.0. The van der Waals surface area contributed by atoms with Crippen LogP contribution < -0.4 is 14.4 Å². The van der Waals surface area contributed by atoms with Gasteiger partial charge in [-0.3, -0.25) is 9.10 Å². The number of anilines is 1. The van der Waals surface area contributed by atoms with Crippen molar-refractivity contribution in [2.24, 2.45) is 5.41 Å². The second kappa shape index (κ2) is 8.95. The molecule has 1 amide bonds. The van der Waals surface area contributed by atoms with Gasteiger partial charge in [0, 0.05) is 24.6 Å². The van der Waals surface area contributed by atoms with Gasteiger partial charge in [0.2, 0.25) is 15.9 Å². The van der Waals surface area contributed by atoms with E-state index in [1.54, 1.807) is 24.3 Å². The third-order valence-electron chi connectivity index (χ3n) is 3.96. The average Bonchev–Trinajstić information content (AvgIpc) is 2.47. The van der Waals surface area contributed by atoms with Crippen LogP contribution in [0.1, 0.15) is 53.9 Å². The highest BCUT2D eigenvalue weighted by Crippen LogP contribution is 2.27. The van der Waals surface area contributed by atoms with Gasteiger partial charge in [0.25, 0.3) is 0 Å². The molecule has 0 saturated carbocycles. The van der Waals surface area contributed by atoms with Crippen LogP contribution in [-0.4, -0.2) is 39.8 Å². The number of carbonyl (C=O) groups is 1. The van der Waals surface area contributed by atoms with E-state index < -0.39 is 10.0 Å². The van der Waals surface area contributed by atoms with Crippen LogP contribution in [-0.2, 0) is 14.8 Å². The van der Waals surface area contributed by atoms with E-state index in [4.69, 9.17) is 4.74 Å². The number of rotatable bonds is 9. The van der Waals surface area contributed by atoms with Crippen molar-refractivity contribution in [1.82, 2.24) is 5.32 Å². The van der Waals surface area contributed by atoms with Gasteiger partial charge >= 0.3 is 0 Å². The molecule has 6 nitrogen and oxygen atoms in total. The zero-order chi connectivity index (χ0) is 20.9. The first-order chi connectivity index (χ1) is 12.2. The van der Waals surface area contributed by atoms with Gasteiger partial charge in [-0.1, -0.05) is 26.8 Å². The van der Waals surface area contributed by atoms with Gasteiger partial charge in [-0.2, -0.15) is 0 Å². The van der Waals surface area contributed by atoms with Crippen LogP contribution in [0.5, 0.6) is 5.75 Å². The molecule has 1 aromatic rings. The summed E-state index contributed by atoms with van der Waals surface area (Å²) in [6.45, 7) is 10.7. The fourth-order valence-electron chi connectivity index (χ4n) is 3.45. The molecule has 1 aromatic carbocycles. The van der Waals surface area contributed by atoms with Crippen LogP contribution in [0.3, 0.4) is 0 Å². The van der Waals surface area contributed by atoms with Crippen molar-refractivity contribution >= 4 is 21.6 Å². The molecule has 27 heavy (non-hydrogen) atoms. The van der Waals surface area contributed by atoms with Gasteiger partial charge in [-0.25, -0.2) is 8.42 Å². The molecule has 0 aliphatic carbocycles. The standard InChI is InChI=1S/C20H34N2O4S/c1-19(2,3)15-20(4,5)21-18(23)12-9-13-22(27(7,24)25)16-10-8-11-17(14-16)26-6/h8,10-11,14H,9,12-13,15H2,1-7H3,(H,21,23). The minimum atomic E-state index is -3.45. The van der Waals surface area contributed by atoms with E-state index in [1.165, 1.54) is 17.7 Å². The molecule has 154 valence electrons. The summed E-state index contributed by atoms with van der Waals surface area (Å²) in [5.74, 6) is 0.520. The molecule has 0 fully saturated rings. The minimum absolute atomic E-state index is 0.0663. The van der Waals surface area contributed by atoms with Gasteiger partial charge in [0.1, 0.15) is 5.75 Å². The molecular weight excluding hydrogens is 364 g/mol. The quantitative estimate of drug-likeness (QED) is 0.690. The lowest BCUT2D eigenvalue weighted by Crippen LogP contribution is -2.46. The molecule has 0 heterocycles. The van der Waals surface area contributed by atoms with E-state index in [2.05, 4.69) is 26.1 Å². The topological polar surface area (TPSA) is 75.7 Å². The van der Waals surface area contributed by atoms with Crippen LogP contribution in [0.25, 0.3) is 0 Å². The molecular formula is C20H34N2O4S. The largest absolute Gasteiger partial charge is 0.497 e. The van der Waals surface area contributed by atoms with E-state index in [0.29, 0.717) is 17.9 Å². The number of sulfonamides is 1. The molecule has 0 radical (unpaired) electrons. The Morgan fingerprint density at radius 1 is 1.19 bits per heavy atom. The summed E-state index contributed by atoms with van der Waals surface area (Å²) in [5.41, 5.74) is 0.333. The summed E-state index contributed by atoms with van der Waals surface area (Å²) >= 11 is 0. The van der Waals surface area contributed by atoms with E-state index in [-0.39, 0.29) is 29.8 Å². The molecule has 0 unspecified atom stereocenters. The Kier molecular flexibility index (Phi) is 7.72. The second-order valence-corrected chi connectivity index (χ2v) is 10.7. The molecule has 7 heteroatoms. The van der Waals surface area contributed by atoms with E-state index in [9.17, 15) is 13.2 Å². The lowest BCUT2D eigenvalue weighted by Gasteiger charge is -2.33. The second-order valence-electron chi connectivity index (χ2n) is 8.81. The molecule has 0 aromatic heterocycles. The zero-order valence-corrected chi connectivity index (χ0v) is 18.4. The number of carbonyl (C=O) groups excluding carboxylic acids is 1. The number of hydrogen-bond donors (Lipinski definition) is 1. The summed E-state index contributed by atoms with van der Waals surface area (Å²) in [6.07, 6.45) is 2.72. The maximum atomic E-state index is 12.3. The number of ether oxygens (including phenoxy) is 1. The van der Waals surface area contributed by atoms with Crippen LogP contribution in [0.2, 0.25) is 0 Å². The van der Waals surface area contributed by atoms with Crippen LogP contribution >= 0.6 is 0 Å². The van der Waals surface area contributed by atoms with Crippen molar-refractivity contribution in [3.8, 4) is 5.75 Å². The summed E-state index contributed by atoms with van der Waals surface area (Å²) in [4.78, 5) is 12.3. The van der Waals surface area contributed by atoms with Gasteiger partial charge in [0.15, 0.2) is 0 Å². The predicted octanol–water partition coefficient (Wildman–Crippen LogP) is 3.57. The smallest absolute Gasteiger partial charge is 0.232 e. The average molecular weight is 399 g/mol. The van der Waals surface area contributed by atoms with Crippen molar-refractivity contribution in [3.05, 3.63) is 24.3 Å². The minimum Gasteiger partial charge on any atom is -0.497 e. The number of amides is 1. The Morgan fingerprint density at radius 3 is 2.33 bits per heavy atom. The van der Waals surface area contributed by atoms with E-state index in [0.717, 1.165) is 6.42 Å². The third-order valence-corrected chi connectivity index (χ3v) is 5.15. The van der Waals surface area contributed by atoms with E-state index >= 15 is 0 Å².